The lowest BCUT2D eigenvalue weighted by Crippen LogP contribution is -2.23. The molecule has 0 radical (unpaired) electrons. The minimum absolute atomic E-state index is 0.777. The van der Waals surface area contributed by atoms with E-state index in [2.05, 4.69) is 50.0 Å². The average Bonchev–Trinajstić information content (AvgIpc) is 2.87. The Bertz CT molecular complexity index is 414. The fraction of sp³-hybridized carbons (Fsp3) is 0.688. The van der Waals surface area contributed by atoms with Gasteiger partial charge < -0.3 is 10.2 Å². The van der Waals surface area contributed by atoms with E-state index in [1.54, 1.807) is 0 Å². The lowest BCUT2D eigenvalue weighted by molar-refractivity contribution is 0.422. The summed E-state index contributed by atoms with van der Waals surface area (Å²) in [5, 5.41) is 3.36. The van der Waals surface area contributed by atoms with Crippen LogP contribution >= 0.6 is 0 Å². The van der Waals surface area contributed by atoms with Crippen LogP contribution in [0.15, 0.2) is 12.1 Å². The molecule has 1 aliphatic heterocycles. The smallest absolute Gasteiger partial charge is 0.128 e. The van der Waals surface area contributed by atoms with Gasteiger partial charge in [0.05, 0.1) is 0 Å². The molecule has 0 bridgehead atoms. The number of nitrogens with zero attached hydrogens (tertiary/aromatic N) is 2. The fourth-order valence-corrected chi connectivity index (χ4v) is 2.74. The van der Waals surface area contributed by atoms with Gasteiger partial charge in [-0.15, -0.1) is 0 Å². The number of pyridine rings is 1. The predicted molar refractivity (Wildman–Crippen MR) is 81.5 cm³/mol. The van der Waals surface area contributed by atoms with Gasteiger partial charge in [0.1, 0.15) is 5.82 Å². The van der Waals surface area contributed by atoms with Crippen LogP contribution < -0.4 is 10.2 Å². The van der Waals surface area contributed by atoms with Crippen LogP contribution in [0.1, 0.15) is 38.4 Å². The third kappa shape index (κ3) is 3.47. The number of anilines is 1. The Kier molecular flexibility index (Phi) is 4.81. The maximum Gasteiger partial charge on any atom is 0.128 e. The molecule has 1 fully saturated rings. The van der Waals surface area contributed by atoms with Crippen molar-refractivity contribution in [2.24, 2.45) is 11.8 Å². The molecule has 0 aliphatic carbocycles. The summed E-state index contributed by atoms with van der Waals surface area (Å²) in [5.74, 6) is 2.75. The quantitative estimate of drug-likeness (QED) is 0.883. The molecule has 1 saturated heterocycles. The van der Waals surface area contributed by atoms with Gasteiger partial charge in [-0.2, -0.15) is 0 Å². The lowest BCUT2D eigenvalue weighted by Gasteiger charge is -2.20. The molecule has 3 heteroatoms. The Morgan fingerprint density at radius 2 is 2.21 bits per heavy atom. The molecular weight excluding hydrogens is 234 g/mol. The van der Waals surface area contributed by atoms with Crippen molar-refractivity contribution in [2.45, 2.75) is 40.7 Å². The highest BCUT2D eigenvalue weighted by molar-refractivity contribution is 5.42. The van der Waals surface area contributed by atoms with E-state index in [9.17, 15) is 0 Å². The maximum absolute atomic E-state index is 4.79. The van der Waals surface area contributed by atoms with Crippen molar-refractivity contribution >= 4 is 5.82 Å². The van der Waals surface area contributed by atoms with E-state index < -0.39 is 0 Å². The average molecular weight is 261 g/mol. The molecule has 2 rings (SSSR count). The monoisotopic (exact) mass is 261 g/mol. The predicted octanol–water partition coefficient (Wildman–Crippen LogP) is 2.98. The highest BCUT2D eigenvalue weighted by atomic mass is 15.2. The van der Waals surface area contributed by atoms with Crippen molar-refractivity contribution in [1.29, 1.82) is 0 Å². The molecule has 1 aromatic heterocycles. The minimum atomic E-state index is 0.777. The van der Waals surface area contributed by atoms with Crippen LogP contribution in [0.4, 0.5) is 5.82 Å². The third-order valence-corrected chi connectivity index (χ3v) is 4.24. The molecule has 0 spiro atoms. The Morgan fingerprint density at radius 3 is 2.79 bits per heavy atom. The third-order valence-electron chi connectivity index (χ3n) is 4.24. The molecule has 2 heterocycles. The van der Waals surface area contributed by atoms with Crippen molar-refractivity contribution in [2.75, 3.05) is 24.5 Å². The van der Waals surface area contributed by atoms with Gasteiger partial charge in [0.2, 0.25) is 0 Å². The Morgan fingerprint density at radius 1 is 1.42 bits per heavy atom. The largest absolute Gasteiger partial charge is 0.356 e. The molecule has 19 heavy (non-hydrogen) atoms. The second-order valence-corrected chi connectivity index (χ2v) is 5.93. The zero-order valence-corrected chi connectivity index (χ0v) is 12.7. The van der Waals surface area contributed by atoms with Gasteiger partial charge in [0.15, 0.2) is 0 Å². The molecule has 1 aromatic rings. The van der Waals surface area contributed by atoms with Gasteiger partial charge >= 0.3 is 0 Å². The summed E-state index contributed by atoms with van der Waals surface area (Å²) >= 11 is 0. The van der Waals surface area contributed by atoms with Crippen LogP contribution in [0.3, 0.4) is 0 Å². The molecule has 0 aromatic carbocycles. The summed E-state index contributed by atoms with van der Waals surface area (Å²) in [6.07, 6.45) is 1.30. The van der Waals surface area contributed by atoms with Crippen molar-refractivity contribution in [1.82, 2.24) is 10.3 Å². The maximum atomic E-state index is 4.79. The first-order valence-electron chi connectivity index (χ1n) is 7.54. The fourth-order valence-electron chi connectivity index (χ4n) is 2.74. The molecule has 1 atom stereocenters. The summed E-state index contributed by atoms with van der Waals surface area (Å²) in [5.41, 5.74) is 2.47. The Balaban J connectivity index is 2.04. The van der Waals surface area contributed by atoms with Crippen molar-refractivity contribution in [3.63, 3.8) is 0 Å². The zero-order chi connectivity index (χ0) is 13.8. The first kappa shape index (κ1) is 14.3. The van der Waals surface area contributed by atoms with Crippen molar-refractivity contribution < 1.29 is 0 Å². The molecule has 0 saturated carbocycles. The Labute approximate surface area is 117 Å². The standard InChI is InChI=1S/C16H27N3/c1-5-17-10-14-6-7-16(18-13(14)4)19-9-8-15(11-19)12(2)3/h6-7,12,15,17H,5,8-11H2,1-4H3. The summed E-state index contributed by atoms with van der Waals surface area (Å²) in [6, 6.07) is 4.41. The zero-order valence-electron chi connectivity index (χ0n) is 12.7. The van der Waals surface area contributed by atoms with Crippen LogP contribution in [-0.4, -0.2) is 24.6 Å². The molecular formula is C16H27N3. The molecule has 1 unspecified atom stereocenters. The number of nitrogens with one attached hydrogen (secondary N) is 1. The van der Waals surface area contributed by atoms with E-state index in [0.29, 0.717) is 0 Å². The summed E-state index contributed by atoms with van der Waals surface area (Å²) in [4.78, 5) is 7.23. The van der Waals surface area contributed by atoms with E-state index in [4.69, 9.17) is 4.98 Å². The van der Waals surface area contributed by atoms with E-state index >= 15 is 0 Å². The van der Waals surface area contributed by atoms with Gasteiger partial charge in [-0.05, 0) is 43.4 Å². The second-order valence-electron chi connectivity index (χ2n) is 5.93. The van der Waals surface area contributed by atoms with Gasteiger partial charge in [-0.1, -0.05) is 26.8 Å². The van der Waals surface area contributed by atoms with Crippen LogP contribution in [0, 0.1) is 18.8 Å². The van der Waals surface area contributed by atoms with E-state index in [0.717, 1.165) is 49.5 Å². The van der Waals surface area contributed by atoms with Gasteiger partial charge in [-0.3, -0.25) is 0 Å². The van der Waals surface area contributed by atoms with Crippen LogP contribution in [0.2, 0.25) is 0 Å². The highest BCUT2D eigenvalue weighted by Gasteiger charge is 2.25. The first-order valence-corrected chi connectivity index (χ1v) is 7.54. The van der Waals surface area contributed by atoms with Crippen LogP contribution in [0.5, 0.6) is 0 Å². The minimum Gasteiger partial charge on any atom is -0.356 e. The number of aromatic nitrogens is 1. The van der Waals surface area contributed by atoms with E-state index in [1.807, 2.05) is 0 Å². The SMILES string of the molecule is CCNCc1ccc(N2CCC(C(C)C)C2)nc1C. The van der Waals surface area contributed by atoms with Gasteiger partial charge in [0.25, 0.3) is 0 Å². The van der Waals surface area contributed by atoms with Crippen molar-refractivity contribution in [3.05, 3.63) is 23.4 Å². The number of hydrogen-bond acceptors (Lipinski definition) is 3. The normalized spacial score (nSPS) is 19.4. The summed E-state index contributed by atoms with van der Waals surface area (Å²) in [7, 11) is 0. The van der Waals surface area contributed by atoms with Crippen molar-refractivity contribution in [3.8, 4) is 0 Å². The molecule has 106 valence electrons. The lowest BCUT2D eigenvalue weighted by atomic mass is 9.95. The van der Waals surface area contributed by atoms with E-state index in [1.165, 1.54) is 12.0 Å². The van der Waals surface area contributed by atoms with E-state index in [-0.39, 0.29) is 0 Å². The summed E-state index contributed by atoms with van der Waals surface area (Å²) in [6.45, 7) is 13.1. The molecule has 1 aliphatic rings. The van der Waals surface area contributed by atoms with Gasteiger partial charge in [0, 0.05) is 25.3 Å². The summed E-state index contributed by atoms with van der Waals surface area (Å²) < 4.78 is 0. The number of aryl methyl sites for hydroxylation is 1. The van der Waals surface area contributed by atoms with Gasteiger partial charge in [-0.25, -0.2) is 4.98 Å². The molecule has 1 N–H and O–H groups in total. The molecule has 0 amide bonds. The second kappa shape index (κ2) is 6.38. The highest BCUT2D eigenvalue weighted by Crippen LogP contribution is 2.27. The molecule has 3 nitrogen and oxygen atoms in total. The van der Waals surface area contributed by atoms with Crippen LogP contribution in [0.25, 0.3) is 0 Å². The number of hydrogen-bond donors (Lipinski definition) is 1. The number of rotatable bonds is 5. The first-order chi connectivity index (χ1) is 9.11. The van der Waals surface area contributed by atoms with Crippen LogP contribution in [-0.2, 0) is 6.54 Å². The topological polar surface area (TPSA) is 28.2 Å². The Hall–Kier alpha value is -1.09.